The summed E-state index contributed by atoms with van der Waals surface area (Å²) in [5.41, 5.74) is 0.597. The van der Waals surface area contributed by atoms with Crippen molar-refractivity contribution < 1.29 is 24.5 Å². The van der Waals surface area contributed by atoms with E-state index in [9.17, 15) is 9.59 Å². The van der Waals surface area contributed by atoms with Gasteiger partial charge in [0.2, 0.25) is 0 Å². The maximum Gasteiger partial charge on any atom is 0.338 e. The number of hydrogen-bond donors (Lipinski definition) is 3. The van der Waals surface area contributed by atoms with Gasteiger partial charge in [-0.3, -0.25) is 4.79 Å². The SMILES string of the molecule is CCOC(=O)c1ccc(NC(=O)/C(C#N)=C\N(CCO)CCO)cc1. The summed E-state index contributed by atoms with van der Waals surface area (Å²) in [5.74, 6) is -1.09. The number of aliphatic hydroxyl groups is 2. The van der Waals surface area contributed by atoms with Gasteiger partial charge >= 0.3 is 5.97 Å². The molecule has 8 nitrogen and oxygen atoms in total. The summed E-state index contributed by atoms with van der Waals surface area (Å²) in [6.45, 7) is 2.00. The van der Waals surface area contributed by atoms with Gasteiger partial charge in [-0.2, -0.15) is 5.26 Å². The molecule has 0 heterocycles. The second-order valence-corrected chi connectivity index (χ2v) is 4.89. The van der Waals surface area contributed by atoms with Crippen LogP contribution in [0.3, 0.4) is 0 Å². The molecule has 1 aromatic rings. The summed E-state index contributed by atoms with van der Waals surface area (Å²) in [5, 5.41) is 29.6. The average molecular weight is 347 g/mol. The average Bonchev–Trinajstić information content (AvgIpc) is 2.60. The maximum absolute atomic E-state index is 12.2. The largest absolute Gasteiger partial charge is 0.462 e. The first kappa shape index (κ1) is 20.2. The van der Waals surface area contributed by atoms with E-state index in [4.69, 9.17) is 20.2 Å². The van der Waals surface area contributed by atoms with Crippen LogP contribution >= 0.6 is 0 Å². The van der Waals surface area contributed by atoms with Crippen molar-refractivity contribution in [2.24, 2.45) is 0 Å². The van der Waals surface area contributed by atoms with E-state index < -0.39 is 11.9 Å². The van der Waals surface area contributed by atoms with Gasteiger partial charge < -0.3 is 25.2 Å². The van der Waals surface area contributed by atoms with Crippen LogP contribution in [-0.2, 0) is 9.53 Å². The molecule has 0 radical (unpaired) electrons. The summed E-state index contributed by atoms with van der Waals surface area (Å²) < 4.78 is 4.87. The maximum atomic E-state index is 12.2. The monoisotopic (exact) mass is 347 g/mol. The number of aliphatic hydroxyl groups excluding tert-OH is 2. The first-order chi connectivity index (χ1) is 12.0. The van der Waals surface area contributed by atoms with Gasteiger partial charge in [-0.25, -0.2) is 4.79 Å². The lowest BCUT2D eigenvalue weighted by molar-refractivity contribution is -0.112. The molecule has 0 saturated carbocycles. The quantitative estimate of drug-likeness (QED) is 0.337. The predicted molar refractivity (Wildman–Crippen MR) is 90.5 cm³/mol. The number of esters is 1. The van der Waals surface area contributed by atoms with Crippen molar-refractivity contribution in [1.29, 1.82) is 5.26 Å². The van der Waals surface area contributed by atoms with E-state index in [-0.39, 0.29) is 38.5 Å². The fourth-order valence-electron chi connectivity index (χ4n) is 1.92. The number of benzene rings is 1. The van der Waals surface area contributed by atoms with Gasteiger partial charge in [-0.1, -0.05) is 0 Å². The molecule has 0 aliphatic heterocycles. The topological polar surface area (TPSA) is 123 Å². The minimum atomic E-state index is -0.632. The number of anilines is 1. The number of carbonyl (C=O) groups is 2. The van der Waals surface area contributed by atoms with Crippen molar-refractivity contribution in [3.63, 3.8) is 0 Å². The number of ether oxygens (including phenoxy) is 1. The van der Waals surface area contributed by atoms with Crippen molar-refractivity contribution in [3.05, 3.63) is 41.6 Å². The van der Waals surface area contributed by atoms with Gasteiger partial charge in [-0.15, -0.1) is 0 Å². The molecule has 0 aromatic heterocycles. The highest BCUT2D eigenvalue weighted by Gasteiger charge is 2.12. The van der Waals surface area contributed by atoms with Crippen molar-refractivity contribution in [3.8, 4) is 6.07 Å². The van der Waals surface area contributed by atoms with E-state index >= 15 is 0 Å². The highest BCUT2D eigenvalue weighted by Crippen LogP contribution is 2.12. The molecule has 134 valence electrons. The Morgan fingerprint density at radius 3 is 2.32 bits per heavy atom. The highest BCUT2D eigenvalue weighted by atomic mass is 16.5. The van der Waals surface area contributed by atoms with Crippen LogP contribution in [0.25, 0.3) is 0 Å². The number of hydrogen-bond acceptors (Lipinski definition) is 7. The first-order valence-corrected chi connectivity index (χ1v) is 7.71. The summed E-state index contributed by atoms with van der Waals surface area (Å²) in [7, 11) is 0. The molecular weight excluding hydrogens is 326 g/mol. The van der Waals surface area contributed by atoms with Gasteiger partial charge in [0.15, 0.2) is 0 Å². The minimum Gasteiger partial charge on any atom is -0.462 e. The van der Waals surface area contributed by atoms with Crippen LogP contribution in [-0.4, -0.2) is 59.9 Å². The van der Waals surface area contributed by atoms with E-state index in [1.54, 1.807) is 13.0 Å². The van der Waals surface area contributed by atoms with Crippen LogP contribution in [0.2, 0.25) is 0 Å². The number of amides is 1. The summed E-state index contributed by atoms with van der Waals surface area (Å²) in [6, 6.07) is 7.85. The highest BCUT2D eigenvalue weighted by molar-refractivity contribution is 6.06. The Labute approximate surface area is 145 Å². The molecule has 0 atom stereocenters. The summed E-state index contributed by atoms with van der Waals surface area (Å²) in [4.78, 5) is 25.2. The van der Waals surface area contributed by atoms with E-state index in [1.807, 2.05) is 0 Å². The van der Waals surface area contributed by atoms with Gasteiger partial charge in [0.05, 0.1) is 25.4 Å². The Hall–Kier alpha value is -2.89. The minimum absolute atomic E-state index is 0.170. The van der Waals surface area contributed by atoms with Crippen molar-refractivity contribution in [1.82, 2.24) is 4.90 Å². The fourth-order valence-corrected chi connectivity index (χ4v) is 1.92. The van der Waals surface area contributed by atoms with Gasteiger partial charge in [0, 0.05) is 25.0 Å². The lowest BCUT2D eigenvalue weighted by Gasteiger charge is -2.18. The molecule has 1 amide bonds. The normalized spacial score (nSPS) is 10.7. The molecule has 0 fully saturated rings. The zero-order valence-corrected chi connectivity index (χ0v) is 13.9. The van der Waals surface area contributed by atoms with Crippen LogP contribution in [0.1, 0.15) is 17.3 Å². The third-order valence-corrected chi connectivity index (χ3v) is 3.11. The van der Waals surface area contributed by atoms with Crippen LogP contribution in [0, 0.1) is 11.3 Å². The molecule has 8 heteroatoms. The van der Waals surface area contributed by atoms with E-state index in [2.05, 4.69) is 5.32 Å². The summed E-state index contributed by atoms with van der Waals surface area (Å²) >= 11 is 0. The predicted octanol–water partition coefficient (Wildman–Crippen LogP) is 0.496. The third kappa shape index (κ3) is 6.63. The molecule has 0 saturated heterocycles. The molecule has 25 heavy (non-hydrogen) atoms. The van der Waals surface area contributed by atoms with Crippen LogP contribution in [0.15, 0.2) is 36.0 Å². The smallest absolute Gasteiger partial charge is 0.338 e. The molecule has 0 unspecified atom stereocenters. The van der Waals surface area contributed by atoms with Crippen LogP contribution in [0.4, 0.5) is 5.69 Å². The number of nitrogens with zero attached hydrogens (tertiary/aromatic N) is 2. The number of rotatable bonds is 9. The van der Waals surface area contributed by atoms with E-state index in [1.165, 1.54) is 35.4 Å². The van der Waals surface area contributed by atoms with Crippen molar-refractivity contribution in [2.75, 3.05) is 38.2 Å². The number of nitriles is 1. The van der Waals surface area contributed by atoms with Gasteiger partial charge in [0.25, 0.3) is 5.91 Å². The Morgan fingerprint density at radius 1 is 1.24 bits per heavy atom. The zero-order chi connectivity index (χ0) is 18.7. The lowest BCUT2D eigenvalue weighted by Crippen LogP contribution is -2.26. The standard InChI is InChI=1S/C17H21N3O5/c1-2-25-17(24)13-3-5-15(6-4-13)19-16(23)14(11-18)12-20(7-9-21)8-10-22/h3-6,12,21-22H,2,7-10H2,1H3,(H,19,23)/b14-12-. The second-order valence-electron chi connectivity index (χ2n) is 4.89. The van der Waals surface area contributed by atoms with Crippen LogP contribution < -0.4 is 5.32 Å². The lowest BCUT2D eigenvalue weighted by atomic mass is 10.2. The Kier molecular flexibility index (Phi) is 8.71. The molecule has 0 aliphatic carbocycles. The Morgan fingerprint density at radius 2 is 1.84 bits per heavy atom. The molecule has 3 N–H and O–H groups in total. The van der Waals surface area contributed by atoms with Crippen LogP contribution in [0.5, 0.6) is 0 Å². The molecule has 1 aromatic carbocycles. The van der Waals surface area contributed by atoms with E-state index in [0.717, 1.165) is 0 Å². The van der Waals surface area contributed by atoms with Crippen molar-refractivity contribution >= 4 is 17.6 Å². The Balaban J connectivity index is 2.81. The Bertz CT molecular complexity index is 643. The molecule has 0 bridgehead atoms. The van der Waals surface area contributed by atoms with Gasteiger partial charge in [0.1, 0.15) is 11.6 Å². The number of carbonyl (C=O) groups excluding carboxylic acids is 2. The first-order valence-electron chi connectivity index (χ1n) is 7.71. The second kappa shape index (κ2) is 10.8. The summed E-state index contributed by atoms with van der Waals surface area (Å²) in [6.07, 6.45) is 1.29. The fraction of sp³-hybridized carbons (Fsp3) is 0.353. The zero-order valence-electron chi connectivity index (χ0n) is 13.9. The number of nitrogens with one attached hydrogen (secondary N) is 1. The van der Waals surface area contributed by atoms with Gasteiger partial charge in [-0.05, 0) is 31.2 Å². The molecule has 1 rings (SSSR count). The van der Waals surface area contributed by atoms with Crippen molar-refractivity contribution in [2.45, 2.75) is 6.92 Å². The molecular formula is C17H21N3O5. The third-order valence-electron chi connectivity index (χ3n) is 3.11. The van der Waals surface area contributed by atoms with E-state index in [0.29, 0.717) is 11.3 Å². The molecule has 0 aliphatic rings. The molecule has 0 spiro atoms.